The maximum absolute atomic E-state index is 12.9. The van der Waals surface area contributed by atoms with Crippen LogP contribution < -0.4 is 0 Å². The number of hydrogen-bond acceptors (Lipinski definition) is 6. The van der Waals surface area contributed by atoms with E-state index in [1.54, 1.807) is 13.1 Å². The van der Waals surface area contributed by atoms with E-state index < -0.39 is 6.10 Å². The minimum absolute atomic E-state index is 0.00465. The molecule has 1 aliphatic rings. The van der Waals surface area contributed by atoms with Crippen molar-refractivity contribution >= 4 is 36.1 Å². The third-order valence-corrected chi connectivity index (χ3v) is 6.47. The number of aliphatic hydroxyl groups excluding tert-OH is 1. The van der Waals surface area contributed by atoms with E-state index >= 15 is 0 Å². The zero-order valence-corrected chi connectivity index (χ0v) is 18.2. The van der Waals surface area contributed by atoms with E-state index in [1.807, 2.05) is 39.3 Å². The second kappa shape index (κ2) is 10.0. The fraction of sp³-hybridized carbons (Fsp3) is 0.474. The number of rotatable bonds is 11. The zero-order valence-electron chi connectivity index (χ0n) is 15.3. The first-order valence-electron chi connectivity index (χ1n) is 9.01. The van der Waals surface area contributed by atoms with Gasteiger partial charge >= 0.3 is 0 Å². The van der Waals surface area contributed by atoms with Crippen LogP contribution in [0.5, 0.6) is 0 Å². The Labute approximate surface area is 176 Å². The summed E-state index contributed by atoms with van der Waals surface area (Å²) < 4.78 is 9.71. The normalized spacial score (nSPS) is 15.3. The van der Waals surface area contributed by atoms with Crippen LogP contribution in [0.25, 0.3) is 0 Å². The summed E-state index contributed by atoms with van der Waals surface area (Å²) in [7, 11) is 1.43. The average Bonchev–Trinajstić information content (AvgIpc) is 3.41. The number of aromatic nitrogens is 2. The summed E-state index contributed by atoms with van der Waals surface area (Å²) in [6.45, 7) is 3.26. The molecule has 146 valence electrons. The van der Waals surface area contributed by atoms with Gasteiger partial charge < -0.3 is 9.84 Å². The summed E-state index contributed by atoms with van der Waals surface area (Å²) in [6, 6.07) is 10.4. The molecule has 0 aliphatic heterocycles. The van der Waals surface area contributed by atoms with Gasteiger partial charge in [0.15, 0.2) is 5.78 Å². The molecular weight excluding hydrogens is 477 g/mol. The monoisotopic (exact) mass is 501 g/mol. The quantitative estimate of drug-likeness (QED) is 0.287. The van der Waals surface area contributed by atoms with Crippen molar-refractivity contribution in [2.75, 3.05) is 13.1 Å². The van der Waals surface area contributed by atoms with Crippen LogP contribution in [0, 0.1) is 0 Å². The minimum atomic E-state index is -0.483. The third-order valence-electron chi connectivity index (χ3n) is 4.33. The second-order valence-corrected chi connectivity index (χ2v) is 8.66. The number of hydrogen-bond donors (Lipinski definition) is 1. The largest absolute Gasteiger partial charge is 0.392 e. The van der Waals surface area contributed by atoms with E-state index in [1.165, 1.54) is 9.12 Å². The Bertz CT molecular complexity index is 750. The van der Waals surface area contributed by atoms with Crippen molar-refractivity contribution in [1.82, 2.24) is 14.1 Å². The highest BCUT2D eigenvalue weighted by atomic mass is 127. The van der Waals surface area contributed by atoms with Crippen molar-refractivity contribution in [2.45, 2.75) is 45.1 Å². The molecule has 0 radical (unpaired) electrons. The van der Waals surface area contributed by atoms with Crippen LogP contribution in [-0.4, -0.2) is 44.2 Å². The van der Waals surface area contributed by atoms with E-state index in [0.717, 1.165) is 24.1 Å². The number of carbonyl (C=O) groups is 1. The van der Waals surface area contributed by atoms with E-state index in [4.69, 9.17) is 4.74 Å². The van der Waals surface area contributed by atoms with Gasteiger partial charge in [0.2, 0.25) is 0 Å². The predicted octanol–water partition coefficient (Wildman–Crippen LogP) is 3.80. The predicted molar refractivity (Wildman–Crippen MR) is 115 cm³/mol. The number of aliphatic hydroxyl groups is 1. The Morgan fingerprint density at radius 2 is 2.15 bits per heavy atom. The molecule has 0 saturated heterocycles. The molecule has 6 nitrogen and oxygen atoms in total. The van der Waals surface area contributed by atoms with Gasteiger partial charge in [-0.3, -0.25) is 9.48 Å². The number of ketones is 1. The number of nitrogens with zero attached hydrogens (tertiary/aromatic N) is 3. The van der Waals surface area contributed by atoms with Crippen molar-refractivity contribution in [3.8, 4) is 0 Å². The second-order valence-electron chi connectivity index (χ2n) is 6.82. The number of Topliss-reactive ketones (excluding diaryl/α,β-unsaturated/α-hetero) is 1. The van der Waals surface area contributed by atoms with Gasteiger partial charge in [-0.05, 0) is 34.4 Å². The van der Waals surface area contributed by atoms with Gasteiger partial charge in [-0.25, -0.2) is 4.31 Å². The molecule has 3 rings (SSSR count). The molecule has 1 aliphatic carbocycles. The third kappa shape index (κ3) is 6.02. The van der Waals surface area contributed by atoms with Gasteiger partial charge in [-0.2, -0.15) is 5.10 Å². The molecular formula is C19H24IN3O3S. The Kier molecular flexibility index (Phi) is 7.71. The Morgan fingerprint density at radius 1 is 1.41 bits per heavy atom. The zero-order chi connectivity index (χ0) is 19.2. The number of carbonyl (C=O) groups excluding carboxylic acids is 1. The van der Waals surface area contributed by atoms with Gasteiger partial charge in [-0.1, -0.05) is 30.3 Å². The summed E-state index contributed by atoms with van der Waals surface area (Å²) in [5, 5.41) is 14.1. The SMILES string of the molecule is CC(O)CN(CC(=O)c1cnn(C2CC2)c1COCc1ccccc1)SI. The van der Waals surface area contributed by atoms with Crippen molar-refractivity contribution in [2.24, 2.45) is 0 Å². The highest BCUT2D eigenvalue weighted by molar-refractivity contribution is 14.2. The van der Waals surface area contributed by atoms with Crippen LogP contribution in [0.4, 0.5) is 0 Å². The fourth-order valence-corrected chi connectivity index (χ4v) is 4.23. The lowest BCUT2D eigenvalue weighted by atomic mass is 10.1. The first-order chi connectivity index (χ1) is 13.1. The molecule has 0 spiro atoms. The summed E-state index contributed by atoms with van der Waals surface area (Å²) in [5.41, 5.74) is 2.58. The average molecular weight is 501 g/mol. The van der Waals surface area contributed by atoms with E-state index in [0.29, 0.717) is 31.4 Å². The van der Waals surface area contributed by atoms with Gasteiger partial charge in [0.05, 0.1) is 49.4 Å². The van der Waals surface area contributed by atoms with Gasteiger partial charge in [0, 0.05) is 27.8 Å². The molecule has 0 amide bonds. The lowest BCUT2D eigenvalue weighted by Crippen LogP contribution is -2.29. The van der Waals surface area contributed by atoms with E-state index in [-0.39, 0.29) is 12.3 Å². The summed E-state index contributed by atoms with van der Waals surface area (Å²) in [5.74, 6) is 0.00465. The molecule has 1 saturated carbocycles. The summed E-state index contributed by atoms with van der Waals surface area (Å²) >= 11 is 2.13. The Hall–Kier alpha value is -0.940. The molecule has 1 heterocycles. The van der Waals surface area contributed by atoms with Gasteiger partial charge in [0.1, 0.15) is 0 Å². The van der Waals surface area contributed by atoms with Crippen molar-refractivity contribution in [3.63, 3.8) is 0 Å². The molecule has 1 atom stereocenters. The molecule has 1 N–H and O–H groups in total. The molecule has 1 aromatic heterocycles. The molecule has 1 unspecified atom stereocenters. The summed E-state index contributed by atoms with van der Waals surface area (Å²) in [4.78, 5) is 12.9. The molecule has 1 fully saturated rings. The molecule has 27 heavy (non-hydrogen) atoms. The van der Waals surface area contributed by atoms with Crippen LogP contribution in [0.1, 0.15) is 47.4 Å². The molecule has 1 aromatic carbocycles. The van der Waals surface area contributed by atoms with Crippen LogP contribution in [0.15, 0.2) is 36.5 Å². The Morgan fingerprint density at radius 3 is 2.78 bits per heavy atom. The smallest absolute Gasteiger partial charge is 0.181 e. The first-order valence-corrected chi connectivity index (χ1v) is 12.3. The van der Waals surface area contributed by atoms with E-state index in [2.05, 4.69) is 26.3 Å². The van der Waals surface area contributed by atoms with Crippen LogP contribution in [0.3, 0.4) is 0 Å². The number of halogens is 1. The van der Waals surface area contributed by atoms with Crippen LogP contribution in [-0.2, 0) is 18.0 Å². The lowest BCUT2D eigenvalue weighted by molar-refractivity contribution is 0.0913. The molecule has 0 bridgehead atoms. The standard InChI is InChI=1S/C19H24IN3O3S/c1-14(24)10-22(27-20)11-19(25)17-9-21-23(16-7-8-16)18(17)13-26-12-15-5-3-2-4-6-15/h2-6,9,14,16,24H,7-8,10-13H2,1H3. The topological polar surface area (TPSA) is 67.6 Å². The maximum Gasteiger partial charge on any atom is 0.181 e. The lowest BCUT2D eigenvalue weighted by Gasteiger charge is -2.18. The van der Waals surface area contributed by atoms with Crippen LogP contribution in [0.2, 0.25) is 0 Å². The van der Waals surface area contributed by atoms with Crippen LogP contribution >= 0.6 is 30.3 Å². The number of ether oxygens (including phenoxy) is 1. The van der Waals surface area contributed by atoms with Crippen molar-refractivity contribution < 1.29 is 14.6 Å². The first kappa shape index (κ1) is 20.8. The highest BCUT2D eigenvalue weighted by Crippen LogP contribution is 2.36. The maximum atomic E-state index is 12.9. The van der Waals surface area contributed by atoms with E-state index in [9.17, 15) is 9.90 Å². The Balaban J connectivity index is 1.68. The summed E-state index contributed by atoms with van der Waals surface area (Å²) in [6.07, 6.45) is 3.38. The highest BCUT2D eigenvalue weighted by Gasteiger charge is 2.30. The number of benzene rings is 1. The van der Waals surface area contributed by atoms with Gasteiger partial charge in [-0.15, -0.1) is 0 Å². The fourth-order valence-electron chi connectivity index (χ4n) is 2.90. The van der Waals surface area contributed by atoms with Gasteiger partial charge in [0.25, 0.3) is 0 Å². The molecule has 8 heteroatoms. The minimum Gasteiger partial charge on any atom is -0.392 e. The molecule has 2 aromatic rings. The van der Waals surface area contributed by atoms with Crippen molar-refractivity contribution in [3.05, 3.63) is 53.3 Å². The van der Waals surface area contributed by atoms with Crippen molar-refractivity contribution in [1.29, 1.82) is 0 Å².